The van der Waals surface area contributed by atoms with Crippen LogP contribution in [0.15, 0.2) is 30.5 Å². The number of halogens is 3. The highest BCUT2D eigenvalue weighted by Gasteiger charge is 2.37. The molecule has 3 aromatic heterocycles. The highest BCUT2D eigenvalue weighted by Crippen LogP contribution is 2.33. The lowest BCUT2D eigenvalue weighted by Crippen LogP contribution is -2.31. The Kier molecular flexibility index (Phi) is 5.61. The number of aromatic nitrogens is 4. The topological polar surface area (TPSA) is 79.5 Å². The molecule has 0 bridgehead atoms. The first-order chi connectivity index (χ1) is 14.8. The maximum Gasteiger partial charge on any atom is 0.437 e. The van der Waals surface area contributed by atoms with E-state index in [-0.39, 0.29) is 5.69 Å². The van der Waals surface area contributed by atoms with E-state index in [9.17, 15) is 18.0 Å². The maximum atomic E-state index is 13.2. The van der Waals surface area contributed by atoms with Crippen LogP contribution >= 0.6 is 0 Å². The molecule has 0 aliphatic carbocycles. The number of carbonyl (C=O) groups excluding carboxylic acids is 1. The summed E-state index contributed by atoms with van der Waals surface area (Å²) in [7, 11) is 1.37. The molecule has 1 aliphatic heterocycles. The molecule has 3 aromatic rings. The van der Waals surface area contributed by atoms with E-state index < -0.39 is 23.5 Å². The van der Waals surface area contributed by atoms with Gasteiger partial charge in [-0.3, -0.25) is 9.48 Å². The Morgan fingerprint density at radius 3 is 2.77 bits per heavy atom. The normalized spacial score (nSPS) is 17.7. The van der Waals surface area contributed by atoms with Gasteiger partial charge in [-0.15, -0.1) is 5.10 Å². The van der Waals surface area contributed by atoms with Crippen LogP contribution in [0.3, 0.4) is 0 Å². The zero-order valence-electron chi connectivity index (χ0n) is 17.3. The molecule has 4 heterocycles. The number of amides is 1. The summed E-state index contributed by atoms with van der Waals surface area (Å²) in [6.07, 6.45) is -2.51. The van der Waals surface area contributed by atoms with Crippen LogP contribution in [0.2, 0.25) is 0 Å². The van der Waals surface area contributed by atoms with Gasteiger partial charge in [0, 0.05) is 32.9 Å². The average molecular weight is 435 g/mol. The highest BCUT2D eigenvalue weighted by molar-refractivity contribution is 6.04. The standard InChI is InChI=1S/C20H24F3N7O/c1-3-13-10-24-8-9-29(11-13)17-7-5-14-4-6-16(30(14)26-17)19(31)25-15-12-28(2)27-18(15)20(21,22)23/h4-7,12-13,24H,3,8-11H2,1-2H3,(H,25,31)/t13-/m1/s1. The van der Waals surface area contributed by atoms with Crippen LogP contribution in [0.1, 0.15) is 29.5 Å². The van der Waals surface area contributed by atoms with E-state index in [1.54, 1.807) is 12.1 Å². The fourth-order valence-electron chi connectivity index (χ4n) is 3.76. The second-order valence-corrected chi connectivity index (χ2v) is 7.69. The fraction of sp³-hybridized carbons (Fsp3) is 0.450. The molecular formula is C20H24F3N7O. The molecule has 0 spiro atoms. The molecule has 0 unspecified atom stereocenters. The number of aryl methyl sites for hydroxylation is 1. The Morgan fingerprint density at radius 1 is 1.26 bits per heavy atom. The van der Waals surface area contributed by atoms with Crippen LogP contribution in [0.5, 0.6) is 0 Å². The minimum atomic E-state index is -4.67. The van der Waals surface area contributed by atoms with E-state index in [1.807, 2.05) is 12.1 Å². The van der Waals surface area contributed by atoms with Crippen molar-refractivity contribution in [2.45, 2.75) is 19.5 Å². The van der Waals surface area contributed by atoms with Crippen molar-refractivity contribution in [3.63, 3.8) is 0 Å². The first kappa shape index (κ1) is 21.2. The van der Waals surface area contributed by atoms with Gasteiger partial charge in [0.1, 0.15) is 11.5 Å². The number of hydrogen-bond donors (Lipinski definition) is 2. The van der Waals surface area contributed by atoms with Crippen LogP contribution in [0.25, 0.3) is 5.52 Å². The molecule has 11 heteroatoms. The molecule has 8 nitrogen and oxygen atoms in total. The van der Waals surface area contributed by atoms with Crippen molar-refractivity contribution >= 4 is 22.9 Å². The fourth-order valence-corrected chi connectivity index (χ4v) is 3.76. The summed E-state index contributed by atoms with van der Waals surface area (Å²) >= 11 is 0. The molecule has 166 valence electrons. The van der Waals surface area contributed by atoms with E-state index in [0.717, 1.165) is 49.3 Å². The summed E-state index contributed by atoms with van der Waals surface area (Å²) in [4.78, 5) is 15.0. The second kappa shape index (κ2) is 8.22. The van der Waals surface area contributed by atoms with Gasteiger partial charge in [-0.2, -0.15) is 18.3 Å². The van der Waals surface area contributed by atoms with Gasteiger partial charge in [-0.05, 0) is 36.7 Å². The monoisotopic (exact) mass is 435 g/mol. The summed E-state index contributed by atoms with van der Waals surface area (Å²) in [5.74, 6) is 0.517. The largest absolute Gasteiger partial charge is 0.437 e. The van der Waals surface area contributed by atoms with Crippen LogP contribution < -0.4 is 15.5 Å². The van der Waals surface area contributed by atoms with Gasteiger partial charge in [0.2, 0.25) is 0 Å². The summed E-state index contributed by atoms with van der Waals surface area (Å²) in [6, 6.07) is 7.00. The molecule has 1 aliphatic rings. The predicted octanol–water partition coefficient (Wildman–Crippen LogP) is 2.77. The number of hydrogen-bond acceptors (Lipinski definition) is 5. The summed E-state index contributed by atoms with van der Waals surface area (Å²) in [5, 5.41) is 13.8. The first-order valence-electron chi connectivity index (χ1n) is 10.1. The number of alkyl halides is 3. The molecule has 4 rings (SSSR count). The Morgan fingerprint density at radius 2 is 2.03 bits per heavy atom. The number of carbonyl (C=O) groups is 1. The Balaban J connectivity index is 1.63. The van der Waals surface area contributed by atoms with E-state index in [2.05, 4.69) is 32.7 Å². The number of nitrogens with one attached hydrogen (secondary N) is 2. The number of fused-ring (bicyclic) bond motifs is 1. The number of nitrogens with zero attached hydrogens (tertiary/aromatic N) is 5. The molecule has 2 N–H and O–H groups in total. The van der Waals surface area contributed by atoms with E-state index >= 15 is 0 Å². The van der Waals surface area contributed by atoms with Gasteiger partial charge < -0.3 is 15.5 Å². The van der Waals surface area contributed by atoms with E-state index in [0.29, 0.717) is 11.4 Å². The van der Waals surface area contributed by atoms with Crippen molar-refractivity contribution in [2.24, 2.45) is 13.0 Å². The summed E-state index contributed by atoms with van der Waals surface area (Å²) in [6.45, 7) is 5.54. The summed E-state index contributed by atoms with van der Waals surface area (Å²) in [5.41, 5.74) is -0.707. The lowest BCUT2D eigenvalue weighted by molar-refractivity contribution is -0.140. The number of anilines is 2. The van der Waals surface area contributed by atoms with Crippen LogP contribution in [-0.4, -0.2) is 51.5 Å². The molecule has 0 aromatic carbocycles. The van der Waals surface area contributed by atoms with Crippen molar-refractivity contribution in [1.29, 1.82) is 0 Å². The lowest BCUT2D eigenvalue weighted by atomic mass is 10.1. The Hall–Kier alpha value is -3.08. The Labute approximate surface area is 177 Å². The average Bonchev–Trinajstić information content (AvgIpc) is 3.22. The van der Waals surface area contributed by atoms with Crippen molar-refractivity contribution in [1.82, 2.24) is 24.7 Å². The third-order valence-electron chi connectivity index (χ3n) is 5.44. The van der Waals surface area contributed by atoms with Gasteiger partial charge in [-0.25, -0.2) is 4.52 Å². The third kappa shape index (κ3) is 4.36. The van der Waals surface area contributed by atoms with Crippen molar-refractivity contribution in [3.05, 3.63) is 41.9 Å². The van der Waals surface area contributed by atoms with Crippen LogP contribution in [-0.2, 0) is 13.2 Å². The third-order valence-corrected chi connectivity index (χ3v) is 5.44. The van der Waals surface area contributed by atoms with Crippen molar-refractivity contribution in [2.75, 3.05) is 36.4 Å². The SMILES string of the molecule is CC[C@@H]1CNCCN(c2ccc3ccc(C(=O)Nc4cn(C)nc4C(F)(F)F)n3n2)C1. The molecule has 0 radical (unpaired) electrons. The van der Waals surface area contributed by atoms with Crippen molar-refractivity contribution in [3.8, 4) is 0 Å². The molecular weight excluding hydrogens is 411 g/mol. The van der Waals surface area contributed by atoms with Gasteiger partial charge in [0.05, 0.1) is 11.2 Å². The molecule has 1 saturated heterocycles. The predicted molar refractivity (Wildman–Crippen MR) is 110 cm³/mol. The van der Waals surface area contributed by atoms with Gasteiger partial charge in [-0.1, -0.05) is 13.3 Å². The first-order valence-corrected chi connectivity index (χ1v) is 10.1. The molecule has 1 fully saturated rings. The van der Waals surface area contributed by atoms with E-state index in [4.69, 9.17) is 0 Å². The highest BCUT2D eigenvalue weighted by atomic mass is 19.4. The second-order valence-electron chi connectivity index (χ2n) is 7.69. The van der Waals surface area contributed by atoms with Crippen molar-refractivity contribution < 1.29 is 18.0 Å². The Bertz CT molecular complexity index is 1090. The zero-order valence-corrected chi connectivity index (χ0v) is 17.3. The minimum absolute atomic E-state index is 0.147. The minimum Gasteiger partial charge on any atom is -0.354 e. The smallest absolute Gasteiger partial charge is 0.354 e. The van der Waals surface area contributed by atoms with Crippen LogP contribution in [0, 0.1) is 5.92 Å². The maximum absolute atomic E-state index is 13.2. The quantitative estimate of drug-likeness (QED) is 0.659. The van der Waals surface area contributed by atoms with E-state index in [1.165, 1.54) is 11.6 Å². The lowest BCUT2D eigenvalue weighted by Gasteiger charge is -2.24. The molecule has 31 heavy (non-hydrogen) atoms. The van der Waals surface area contributed by atoms with Crippen LogP contribution in [0.4, 0.5) is 24.7 Å². The summed E-state index contributed by atoms with van der Waals surface area (Å²) < 4.78 is 42.1. The zero-order chi connectivity index (χ0) is 22.2. The molecule has 1 atom stereocenters. The van der Waals surface area contributed by atoms with Gasteiger partial charge in [0.15, 0.2) is 5.69 Å². The van der Waals surface area contributed by atoms with Gasteiger partial charge in [0.25, 0.3) is 5.91 Å². The molecule has 0 saturated carbocycles. The molecule has 1 amide bonds. The van der Waals surface area contributed by atoms with Gasteiger partial charge >= 0.3 is 6.18 Å². The number of rotatable bonds is 4.